The molecule has 1 heterocycles. The Morgan fingerprint density at radius 3 is 2.30 bits per heavy atom. The Morgan fingerprint density at radius 1 is 1.03 bits per heavy atom. The van der Waals surface area contributed by atoms with Gasteiger partial charge in [-0.1, -0.05) is 54.8 Å². The molecule has 1 aliphatic rings. The summed E-state index contributed by atoms with van der Waals surface area (Å²) in [6.07, 6.45) is 6.44. The average molecular weight is 447 g/mol. The van der Waals surface area contributed by atoms with E-state index in [-0.39, 0.29) is 5.91 Å². The van der Waals surface area contributed by atoms with E-state index in [1.54, 1.807) is 12.1 Å². The number of amides is 2. The van der Waals surface area contributed by atoms with Gasteiger partial charge in [0, 0.05) is 22.9 Å². The lowest BCUT2D eigenvalue weighted by Crippen LogP contribution is -2.56. The first kappa shape index (κ1) is 22.5. The topological polar surface area (TPSA) is 80.5 Å². The van der Waals surface area contributed by atoms with Crippen LogP contribution in [0.25, 0.3) is 0 Å². The van der Waals surface area contributed by atoms with E-state index in [0.717, 1.165) is 49.1 Å². The average Bonchev–Trinajstić information content (AvgIpc) is 2.74. The molecule has 2 unspecified atom stereocenters. The molecule has 1 fully saturated rings. The molecule has 1 saturated heterocycles. The number of nitrogens with two attached hydrogens (primary N) is 1. The Bertz CT molecular complexity index is 917. The van der Waals surface area contributed by atoms with Crippen molar-refractivity contribution in [2.45, 2.75) is 55.2 Å². The van der Waals surface area contributed by atoms with E-state index in [1.807, 2.05) is 24.3 Å². The third kappa shape index (κ3) is 5.70. The summed E-state index contributed by atoms with van der Waals surface area (Å²) in [4.78, 5) is 25.6. The predicted octanol–water partition coefficient (Wildman–Crippen LogP) is 3.84. The van der Waals surface area contributed by atoms with E-state index in [2.05, 4.69) is 12.1 Å². The molecule has 0 aromatic heterocycles. The molecule has 0 aliphatic carbocycles. The van der Waals surface area contributed by atoms with Gasteiger partial charge in [-0.05, 0) is 55.0 Å². The molecule has 2 aromatic rings. The van der Waals surface area contributed by atoms with E-state index in [1.165, 1.54) is 10.5 Å². The van der Waals surface area contributed by atoms with Gasteiger partial charge < -0.3 is 10.6 Å². The molecule has 0 saturated carbocycles. The highest BCUT2D eigenvalue weighted by Crippen LogP contribution is 2.24. The molecule has 3 rings (SSSR count). The molecule has 0 radical (unpaired) electrons. The first-order valence-corrected chi connectivity index (χ1v) is 11.9. The van der Waals surface area contributed by atoms with Crippen molar-refractivity contribution < 1.29 is 13.8 Å². The van der Waals surface area contributed by atoms with Crippen LogP contribution in [0.5, 0.6) is 0 Å². The van der Waals surface area contributed by atoms with Crippen molar-refractivity contribution in [2.24, 2.45) is 5.73 Å². The maximum atomic E-state index is 13.1. The summed E-state index contributed by atoms with van der Waals surface area (Å²) in [5.41, 5.74) is 7.72. The van der Waals surface area contributed by atoms with Crippen molar-refractivity contribution in [3.63, 3.8) is 0 Å². The van der Waals surface area contributed by atoms with Crippen molar-refractivity contribution >= 4 is 34.2 Å². The number of hydrogen-bond donors (Lipinski definition) is 1. The Hall–Kier alpha value is -2.18. The largest absolute Gasteiger partial charge is 0.367 e. The Balaban J connectivity index is 1.52. The third-order valence-corrected chi connectivity index (χ3v) is 7.36. The van der Waals surface area contributed by atoms with Gasteiger partial charge >= 0.3 is 0 Å². The zero-order valence-corrected chi connectivity index (χ0v) is 18.5. The quantitative estimate of drug-likeness (QED) is 0.420. The standard InChI is InChI=1S/C23H27ClN2O3S/c24-19-13-11-17(12-14-19)7-3-1-2-4-8-18-9-5-6-10-20(18)30(29)23(22(25)28)26-16-15-21(26)27/h5-6,9-14,23H,1-4,7-8,15-16H2,(H2,25,28). The number of unbranched alkanes of at least 4 members (excludes halogenated alkanes) is 3. The second kappa shape index (κ2) is 10.7. The van der Waals surface area contributed by atoms with Gasteiger partial charge in [-0.2, -0.15) is 0 Å². The number of carbonyl (C=O) groups is 2. The third-order valence-electron chi connectivity index (χ3n) is 5.38. The van der Waals surface area contributed by atoms with Crippen molar-refractivity contribution in [1.29, 1.82) is 0 Å². The zero-order valence-electron chi connectivity index (χ0n) is 16.9. The second-order valence-electron chi connectivity index (χ2n) is 7.54. The van der Waals surface area contributed by atoms with Crippen LogP contribution in [0.2, 0.25) is 5.02 Å². The highest BCUT2D eigenvalue weighted by atomic mass is 35.5. The fourth-order valence-corrected chi connectivity index (χ4v) is 5.30. The maximum Gasteiger partial charge on any atom is 0.253 e. The molecular formula is C23H27ClN2O3S. The smallest absolute Gasteiger partial charge is 0.253 e. The number of carbonyl (C=O) groups excluding carboxylic acids is 2. The Labute approximate surface area is 185 Å². The predicted molar refractivity (Wildman–Crippen MR) is 119 cm³/mol. The van der Waals surface area contributed by atoms with E-state index in [4.69, 9.17) is 17.3 Å². The molecular weight excluding hydrogens is 420 g/mol. The van der Waals surface area contributed by atoms with Gasteiger partial charge in [-0.3, -0.25) is 13.8 Å². The van der Waals surface area contributed by atoms with Crippen molar-refractivity contribution in [3.8, 4) is 0 Å². The molecule has 5 nitrogen and oxygen atoms in total. The van der Waals surface area contributed by atoms with Crippen molar-refractivity contribution in [1.82, 2.24) is 4.90 Å². The summed E-state index contributed by atoms with van der Waals surface area (Å²) in [6, 6.07) is 15.4. The van der Waals surface area contributed by atoms with E-state index in [0.29, 0.717) is 17.9 Å². The first-order chi connectivity index (χ1) is 14.5. The number of primary amides is 1. The lowest BCUT2D eigenvalue weighted by Gasteiger charge is -2.35. The molecule has 2 atom stereocenters. The van der Waals surface area contributed by atoms with Crippen LogP contribution in [0.15, 0.2) is 53.4 Å². The molecule has 2 N–H and O–H groups in total. The Morgan fingerprint density at radius 2 is 1.70 bits per heavy atom. The summed E-state index contributed by atoms with van der Waals surface area (Å²) < 4.78 is 13.1. The van der Waals surface area contributed by atoms with Gasteiger partial charge in [0.25, 0.3) is 5.91 Å². The van der Waals surface area contributed by atoms with Gasteiger partial charge in [0.2, 0.25) is 5.91 Å². The van der Waals surface area contributed by atoms with Crippen molar-refractivity contribution in [2.75, 3.05) is 6.54 Å². The van der Waals surface area contributed by atoms with E-state index in [9.17, 15) is 13.8 Å². The zero-order chi connectivity index (χ0) is 21.5. The fourth-order valence-electron chi connectivity index (χ4n) is 3.63. The van der Waals surface area contributed by atoms with Crippen LogP contribution in [0.1, 0.15) is 43.2 Å². The number of hydrogen-bond acceptors (Lipinski definition) is 3. The maximum absolute atomic E-state index is 13.1. The monoisotopic (exact) mass is 446 g/mol. The molecule has 30 heavy (non-hydrogen) atoms. The summed E-state index contributed by atoms with van der Waals surface area (Å²) in [5.74, 6) is -0.899. The van der Waals surface area contributed by atoms with E-state index >= 15 is 0 Å². The van der Waals surface area contributed by atoms with Gasteiger partial charge in [-0.15, -0.1) is 0 Å². The van der Waals surface area contributed by atoms with E-state index < -0.39 is 22.1 Å². The van der Waals surface area contributed by atoms with Crippen LogP contribution in [0.3, 0.4) is 0 Å². The fraction of sp³-hybridized carbons (Fsp3) is 0.391. The number of β-lactam (4-membered cyclic amide) rings is 1. The van der Waals surface area contributed by atoms with Crippen LogP contribution in [-0.4, -0.2) is 32.8 Å². The van der Waals surface area contributed by atoms with Crippen molar-refractivity contribution in [3.05, 3.63) is 64.7 Å². The molecule has 0 bridgehead atoms. The number of aryl methyl sites for hydroxylation is 2. The number of likely N-dealkylation sites (tertiary alicyclic amines) is 1. The number of benzene rings is 2. The van der Waals surface area contributed by atoms with Gasteiger partial charge in [0.05, 0.1) is 10.8 Å². The minimum absolute atomic E-state index is 0.176. The summed E-state index contributed by atoms with van der Waals surface area (Å²) in [6.45, 7) is 0.425. The molecule has 0 spiro atoms. The molecule has 1 aliphatic heterocycles. The minimum atomic E-state index is -1.68. The second-order valence-corrected chi connectivity index (χ2v) is 9.46. The molecule has 7 heteroatoms. The van der Waals surface area contributed by atoms with Crippen LogP contribution < -0.4 is 5.73 Å². The van der Waals surface area contributed by atoms with Crippen LogP contribution in [0, 0.1) is 0 Å². The summed E-state index contributed by atoms with van der Waals surface area (Å²) in [7, 11) is -1.68. The van der Waals surface area contributed by atoms with Gasteiger partial charge in [-0.25, -0.2) is 0 Å². The first-order valence-electron chi connectivity index (χ1n) is 10.3. The lowest BCUT2D eigenvalue weighted by molar-refractivity contribution is -0.144. The molecule has 2 amide bonds. The summed E-state index contributed by atoms with van der Waals surface area (Å²) in [5, 5.41) is -0.335. The SMILES string of the molecule is NC(=O)C(N1CCC1=O)S(=O)c1ccccc1CCCCCCc1ccc(Cl)cc1. The highest BCUT2D eigenvalue weighted by Gasteiger charge is 2.39. The van der Waals surface area contributed by atoms with Crippen LogP contribution in [-0.2, 0) is 33.2 Å². The molecule has 160 valence electrons. The highest BCUT2D eigenvalue weighted by molar-refractivity contribution is 7.86. The number of nitrogens with zero attached hydrogens (tertiary/aromatic N) is 1. The minimum Gasteiger partial charge on any atom is -0.367 e. The van der Waals surface area contributed by atoms with Gasteiger partial charge in [0.15, 0.2) is 5.37 Å². The Kier molecular flexibility index (Phi) is 8.05. The molecule has 2 aromatic carbocycles. The van der Waals surface area contributed by atoms with Gasteiger partial charge in [0.1, 0.15) is 0 Å². The van der Waals surface area contributed by atoms with Crippen LogP contribution >= 0.6 is 11.6 Å². The van der Waals surface area contributed by atoms with Crippen LogP contribution in [0.4, 0.5) is 0 Å². The number of rotatable bonds is 11. The lowest BCUT2D eigenvalue weighted by atomic mass is 10.0. The summed E-state index contributed by atoms with van der Waals surface area (Å²) >= 11 is 5.91. The number of halogens is 1. The normalized spacial score (nSPS) is 15.5.